The lowest BCUT2D eigenvalue weighted by atomic mass is 10.2. The first kappa shape index (κ1) is 14.8. The maximum Gasteiger partial charge on any atom is 0.319 e. The van der Waals surface area contributed by atoms with Crippen LogP contribution in [0.3, 0.4) is 0 Å². The molecule has 5 heteroatoms. The summed E-state index contributed by atoms with van der Waals surface area (Å²) in [4.78, 5) is 14.1. The van der Waals surface area contributed by atoms with Crippen molar-refractivity contribution in [2.75, 3.05) is 44.7 Å². The molecule has 0 aliphatic carbocycles. The Bertz CT molecular complexity index is 431. The van der Waals surface area contributed by atoms with Crippen LogP contribution in [0.2, 0.25) is 0 Å². The normalized spacial score (nSPS) is 15.8. The Morgan fingerprint density at radius 2 is 2.15 bits per heavy atom. The first-order valence-corrected chi connectivity index (χ1v) is 7.16. The number of aryl methyl sites for hydroxylation is 1. The molecule has 2 rings (SSSR count). The van der Waals surface area contributed by atoms with Gasteiger partial charge in [-0.05, 0) is 37.6 Å². The molecule has 2 amide bonds. The number of ether oxygens (including phenoxy) is 1. The lowest BCUT2D eigenvalue weighted by molar-refractivity contribution is 0.0375. The molecule has 20 heavy (non-hydrogen) atoms. The second kappa shape index (κ2) is 7.87. The first-order chi connectivity index (χ1) is 9.74. The number of hydrogen-bond donors (Lipinski definition) is 2. The molecule has 0 aromatic heterocycles. The van der Waals surface area contributed by atoms with Gasteiger partial charge in [-0.1, -0.05) is 12.1 Å². The standard InChI is InChI=1S/C15H23N3O2/c1-13-4-2-5-14(12-13)17-15(19)16-6-3-7-18-8-10-20-11-9-18/h2,4-5,12H,3,6-11H2,1H3,(H2,16,17,19). The van der Waals surface area contributed by atoms with Gasteiger partial charge in [-0.2, -0.15) is 0 Å². The summed E-state index contributed by atoms with van der Waals surface area (Å²) in [7, 11) is 0. The van der Waals surface area contributed by atoms with E-state index in [0.29, 0.717) is 6.54 Å². The third-order valence-corrected chi connectivity index (χ3v) is 3.32. The van der Waals surface area contributed by atoms with Crippen LogP contribution in [0, 0.1) is 6.92 Å². The summed E-state index contributed by atoms with van der Waals surface area (Å²) in [6.07, 6.45) is 0.960. The van der Waals surface area contributed by atoms with Gasteiger partial charge >= 0.3 is 6.03 Å². The van der Waals surface area contributed by atoms with Gasteiger partial charge in [-0.3, -0.25) is 4.90 Å². The molecule has 1 aromatic rings. The minimum absolute atomic E-state index is 0.141. The summed E-state index contributed by atoms with van der Waals surface area (Å²) in [6, 6.07) is 7.64. The van der Waals surface area contributed by atoms with Gasteiger partial charge in [0, 0.05) is 25.3 Å². The van der Waals surface area contributed by atoms with Crippen LogP contribution >= 0.6 is 0 Å². The van der Waals surface area contributed by atoms with Crippen LogP contribution in [0.5, 0.6) is 0 Å². The van der Waals surface area contributed by atoms with Crippen LogP contribution < -0.4 is 10.6 Å². The molecule has 2 N–H and O–H groups in total. The van der Waals surface area contributed by atoms with Crippen molar-refractivity contribution in [3.8, 4) is 0 Å². The summed E-state index contributed by atoms with van der Waals surface area (Å²) in [6.45, 7) is 7.34. The first-order valence-electron chi connectivity index (χ1n) is 7.16. The van der Waals surface area contributed by atoms with E-state index in [-0.39, 0.29) is 6.03 Å². The van der Waals surface area contributed by atoms with Crippen molar-refractivity contribution in [2.24, 2.45) is 0 Å². The zero-order valence-corrected chi connectivity index (χ0v) is 12.0. The lowest BCUT2D eigenvalue weighted by Crippen LogP contribution is -2.38. The van der Waals surface area contributed by atoms with E-state index in [4.69, 9.17) is 4.74 Å². The fourth-order valence-corrected chi connectivity index (χ4v) is 2.23. The molecule has 0 bridgehead atoms. The van der Waals surface area contributed by atoms with Crippen molar-refractivity contribution in [3.63, 3.8) is 0 Å². The number of anilines is 1. The van der Waals surface area contributed by atoms with E-state index in [9.17, 15) is 4.79 Å². The zero-order valence-electron chi connectivity index (χ0n) is 12.0. The summed E-state index contributed by atoms with van der Waals surface area (Å²) in [5.74, 6) is 0. The molecule has 1 aliphatic heterocycles. The fraction of sp³-hybridized carbons (Fsp3) is 0.533. The van der Waals surface area contributed by atoms with Crippen molar-refractivity contribution in [3.05, 3.63) is 29.8 Å². The number of rotatable bonds is 5. The number of urea groups is 1. The molecule has 0 saturated carbocycles. The van der Waals surface area contributed by atoms with Crippen LogP contribution in [-0.4, -0.2) is 50.3 Å². The topological polar surface area (TPSA) is 53.6 Å². The van der Waals surface area contributed by atoms with E-state index >= 15 is 0 Å². The molecule has 1 aromatic carbocycles. The average Bonchev–Trinajstić information content (AvgIpc) is 2.45. The number of carbonyl (C=O) groups is 1. The smallest absolute Gasteiger partial charge is 0.319 e. The largest absolute Gasteiger partial charge is 0.379 e. The highest BCUT2D eigenvalue weighted by Crippen LogP contribution is 2.08. The van der Waals surface area contributed by atoms with Crippen LogP contribution in [0.4, 0.5) is 10.5 Å². The van der Waals surface area contributed by atoms with Crippen molar-refractivity contribution in [1.29, 1.82) is 0 Å². The molecule has 1 heterocycles. The maximum atomic E-state index is 11.7. The predicted molar refractivity (Wildman–Crippen MR) is 80.1 cm³/mol. The van der Waals surface area contributed by atoms with E-state index in [0.717, 1.165) is 50.5 Å². The monoisotopic (exact) mass is 277 g/mol. The Morgan fingerprint density at radius 3 is 2.90 bits per heavy atom. The number of amides is 2. The average molecular weight is 277 g/mol. The second-order valence-corrected chi connectivity index (χ2v) is 5.06. The quantitative estimate of drug-likeness (QED) is 0.808. The highest BCUT2D eigenvalue weighted by Gasteiger charge is 2.09. The number of carbonyl (C=O) groups excluding carboxylic acids is 1. The predicted octanol–water partition coefficient (Wildman–Crippen LogP) is 1.84. The number of nitrogens with one attached hydrogen (secondary N) is 2. The van der Waals surface area contributed by atoms with Gasteiger partial charge < -0.3 is 15.4 Å². The molecule has 0 radical (unpaired) electrons. The summed E-state index contributed by atoms with van der Waals surface area (Å²) in [5, 5.41) is 5.72. The Hall–Kier alpha value is -1.59. The number of nitrogens with zero attached hydrogens (tertiary/aromatic N) is 1. The summed E-state index contributed by atoms with van der Waals surface area (Å²) < 4.78 is 5.30. The molecular formula is C15H23N3O2. The van der Waals surface area contributed by atoms with Gasteiger partial charge in [0.1, 0.15) is 0 Å². The van der Waals surface area contributed by atoms with E-state index < -0.39 is 0 Å². The van der Waals surface area contributed by atoms with Crippen molar-refractivity contribution < 1.29 is 9.53 Å². The van der Waals surface area contributed by atoms with Gasteiger partial charge in [0.15, 0.2) is 0 Å². The molecular weight excluding hydrogens is 254 g/mol. The second-order valence-electron chi connectivity index (χ2n) is 5.06. The highest BCUT2D eigenvalue weighted by molar-refractivity contribution is 5.89. The zero-order chi connectivity index (χ0) is 14.2. The molecule has 1 saturated heterocycles. The SMILES string of the molecule is Cc1cccc(NC(=O)NCCCN2CCOCC2)c1. The Labute approximate surface area is 120 Å². The molecule has 0 spiro atoms. The summed E-state index contributed by atoms with van der Waals surface area (Å²) in [5.41, 5.74) is 1.96. The number of hydrogen-bond acceptors (Lipinski definition) is 3. The maximum absolute atomic E-state index is 11.7. The lowest BCUT2D eigenvalue weighted by Gasteiger charge is -2.26. The van der Waals surface area contributed by atoms with E-state index in [1.807, 2.05) is 31.2 Å². The number of benzene rings is 1. The van der Waals surface area contributed by atoms with Gasteiger partial charge in [0.05, 0.1) is 13.2 Å². The third-order valence-electron chi connectivity index (χ3n) is 3.32. The molecule has 5 nitrogen and oxygen atoms in total. The van der Waals surface area contributed by atoms with Gasteiger partial charge in [-0.15, -0.1) is 0 Å². The third kappa shape index (κ3) is 5.19. The summed E-state index contributed by atoms with van der Waals surface area (Å²) >= 11 is 0. The van der Waals surface area contributed by atoms with Gasteiger partial charge in [0.25, 0.3) is 0 Å². The highest BCUT2D eigenvalue weighted by atomic mass is 16.5. The van der Waals surface area contributed by atoms with Crippen molar-refractivity contribution in [2.45, 2.75) is 13.3 Å². The molecule has 0 atom stereocenters. The Balaban J connectivity index is 1.60. The molecule has 1 fully saturated rings. The Kier molecular flexibility index (Phi) is 5.83. The van der Waals surface area contributed by atoms with E-state index in [1.165, 1.54) is 0 Å². The fourth-order valence-electron chi connectivity index (χ4n) is 2.23. The van der Waals surface area contributed by atoms with Crippen LogP contribution in [-0.2, 0) is 4.74 Å². The van der Waals surface area contributed by atoms with Crippen LogP contribution in [0.15, 0.2) is 24.3 Å². The van der Waals surface area contributed by atoms with E-state index in [1.54, 1.807) is 0 Å². The number of morpholine rings is 1. The van der Waals surface area contributed by atoms with E-state index in [2.05, 4.69) is 15.5 Å². The molecule has 1 aliphatic rings. The van der Waals surface area contributed by atoms with Crippen molar-refractivity contribution in [1.82, 2.24) is 10.2 Å². The van der Waals surface area contributed by atoms with Crippen molar-refractivity contribution >= 4 is 11.7 Å². The minimum Gasteiger partial charge on any atom is -0.379 e. The molecule has 110 valence electrons. The van der Waals surface area contributed by atoms with Gasteiger partial charge in [-0.25, -0.2) is 4.79 Å². The van der Waals surface area contributed by atoms with Crippen LogP contribution in [0.25, 0.3) is 0 Å². The van der Waals surface area contributed by atoms with Crippen LogP contribution in [0.1, 0.15) is 12.0 Å². The Morgan fingerprint density at radius 1 is 1.35 bits per heavy atom. The molecule has 0 unspecified atom stereocenters. The van der Waals surface area contributed by atoms with Gasteiger partial charge in [0.2, 0.25) is 0 Å². The minimum atomic E-state index is -0.141.